The standard InChI is InChI=1S/C10H13BrN6O3S2/c1-4(2)6-5(11)7(14-13-6)8(18)12-9-15-16-10(21-9)17-22(3,19)20/h4H,1-3H3,(H,13,14)(H,16,17)(H,12,15,18). The molecule has 0 aliphatic heterocycles. The van der Waals surface area contributed by atoms with Gasteiger partial charge in [0.15, 0.2) is 5.69 Å². The van der Waals surface area contributed by atoms with E-state index < -0.39 is 15.9 Å². The molecule has 0 saturated heterocycles. The van der Waals surface area contributed by atoms with E-state index in [1.165, 1.54) is 0 Å². The molecule has 0 radical (unpaired) electrons. The smallest absolute Gasteiger partial charge is 0.279 e. The molecule has 0 bridgehead atoms. The molecule has 0 spiro atoms. The van der Waals surface area contributed by atoms with E-state index in [9.17, 15) is 13.2 Å². The van der Waals surface area contributed by atoms with Gasteiger partial charge in [-0.05, 0) is 21.8 Å². The Hall–Kier alpha value is -1.53. The van der Waals surface area contributed by atoms with E-state index in [1.807, 2.05) is 13.8 Å². The zero-order valence-corrected chi connectivity index (χ0v) is 15.1. The normalized spacial score (nSPS) is 11.7. The summed E-state index contributed by atoms with van der Waals surface area (Å²) in [5, 5.41) is 16.8. The predicted molar refractivity (Wildman–Crippen MR) is 86.7 cm³/mol. The first kappa shape index (κ1) is 16.8. The monoisotopic (exact) mass is 408 g/mol. The summed E-state index contributed by atoms with van der Waals surface area (Å²) in [6, 6.07) is 0. The number of hydrogen-bond donors (Lipinski definition) is 3. The van der Waals surface area contributed by atoms with Crippen LogP contribution >= 0.6 is 27.3 Å². The molecule has 9 nitrogen and oxygen atoms in total. The number of rotatable bonds is 5. The molecule has 0 unspecified atom stereocenters. The molecule has 0 atom stereocenters. The number of hydrogen-bond acceptors (Lipinski definition) is 7. The molecule has 2 rings (SSSR count). The van der Waals surface area contributed by atoms with E-state index in [-0.39, 0.29) is 21.9 Å². The topological polar surface area (TPSA) is 130 Å². The van der Waals surface area contributed by atoms with Crippen LogP contribution < -0.4 is 10.0 Å². The summed E-state index contributed by atoms with van der Waals surface area (Å²) in [6.45, 7) is 3.93. The van der Waals surface area contributed by atoms with Gasteiger partial charge in [0, 0.05) is 0 Å². The van der Waals surface area contributed by atoms with Crippen LogP contribution in [0.15, 0.2) is 4.47 Å². The van der Waals surface area contributed by atoms with E-state index in [2.05, 4.69) is 46.4 Å². The zero-order valence-electron chi connectivity index (χ0n) is 11.8. The third-order valence-corrected chi connectivity index (χ3v) is 4.69. The van der Waals surface area contributed by atoms with Gasteiger partial charge in [0.1, 0.15) is 0 Å². The van der Waals surface area contributed by atoms with Gasteiger partial charge >= 0.3 is 0 Å². The Balaban J connectivity index is 2.13. The number of nitrogens with one attached hydrogen (secondary N) is 3. The first-order valence-corrected chi connectivity index (χ1v) is 9.54. The second-order valence-corrected chi connectivity index (χ2v) is 8.21. The molecule has 0 saturated carbocycles. The summed E-state index contributed by atoms with van der Waals surface area (Å²) in [4.78, 5) is 12.1. The summed E-state index contributed by atoms with van der Waals surface area (Å²) in [5.74, 6) is -0.299. The Morgan fingerprint density at radius 3 is 2.50 bits per heavy atom. The molecular formula is C10H13BrN6O3S2. The van der Waals surface area contributed by atoms with Gasteiger partial charge in [-0.2, -0.15) is 5.10 Å². The molecule has 2 heterocycles. The van der Waals surface area contributed by atoms with Crippen molar-refractivity contribution in [2.75, 3.05) is 16.3 Å². The maximum Gasteiger partial charge on any atom is 0.279 e. The molecular weight excluding hydrogens is 396 g/mol. The van der Waals surface area contributed by atoms with Crippen LogP contribution in [0.4, 0.5) is 10.3 Å². The lowest BCUT2D eigenvalue weighted by molar-refractivity contribution is 0.102. The predicted octanol–water partition coefficient (Wildman–Crippen LogP) is 1.77. The molecule has 0 aliphatic rings. The van der Waals surface area contributed by atoms with Crippen molar-refractivity contribution in [1.82, 2.24) is 20.4 Å². The second kappa shape index (κ2) is 6.30. The van der Waals surface area contributed by atoms with E-state index in [4.69, 9.17) is 0 Å². The largest absolute Gasteiger partial charge is 0.295 e. The Bertz CT molecular complexity index is 797. The Morgan fingerprint density at radius 2 is 1.95 bits per heavy atom. The summed E-state index contributed by atoms with van der Waals surface area (Å²) in [7, 11) is -3.44. The van der Waals surface area contributed by atoms with Crippen LogP contribution in [0.3, 0.4) is 0 Å². The lowest BCUT2D eigenvalue weighted by Crippen LogP contribution is -2.13. The van der Waals surface area contributed by atoms with Crippen LogP contribution in [0.1, 0.15) is 35.9 Å². The van der Waals surface area contributed by atoms with E-state index in [1.54, 1.807) is 0 Å². The molecule has 12 heteroatoms. The van der Waals surface area contributed by atoms with Crippen LogP contribution in [-0.4, -0.2) is 41.0 Å². The Kier molecular flexibility index (Phi) is 4.82. The number of halogens is 1. The Morgan fingerprint density at radius 1 is 1.32 bits per heavy atom. The summed E-state index contributed by atoms with van der Waals surface area (Å²) in [6.07, 6.45) is 1.00. The molecule has 22 heavy (non-hydrogen) atoms. The average molecular weight is 409 g/mol. The third kappa shape index (κ3) is 4.01. The SMILES string of the molecule is CC(C)c1[nH]nc(C(=O)Nc2nnc(NS(C)(=O)=O)s2)c1Br. The van der Waals surface area contributed by atoms with Crippen molar-refractivity contribution in [2.45, 2.75) is 19.8 Å². The van der Waals surface area contributed by atoms with Gasteiger partial charge in [0.05, 0.1) is 16.4 Å². The highest BCUT2D eigenvalue weighted by Crippen LogP contribution is 2.27. The average Bonchev–Trinajstić information content (AvgIpc) is 2.93. The maximum absolute atomic E-state index is 12.1. The molecule has 2 aromatic heterocycles. The quantitative estimate of drug-likeness (QED) is 0.690. The fourth-order valence-corrected chi connectivity index (χ4v) is 3.79. The van der Waals surface area contributed by atoms with Crippen LogP contribution in [0.5, 0.6) is 0 Å². The summed E-state index contributed by atoms with van der Waals surface area (Å²) < 4.78 is 24.9. The van der Waals surface area contributed by atoms with Gasteiger partial charge < -0.3 is 0 Å². The van der Waals surface area contributed by atoms with E-state index >= 15 is 0 Å². The molecule has 2 aromatic rings. The number of amides is 1. The fraction of sp³-hybridized carbons (Fsp3) is 0.400. The lowest BCUT2D eigenvalue weighted by atomic mass is 10.1. The number of H-pyrrole nitrogens is 1. The number of aromatic amines is 1. The summed E-state index contributed by atoms with van der Waals surface area (Å²) in [5.41, 5.74) is 0.998. The molecule has 0 aliphatic carbocycles. The van der Waals surface area contributed by atoms with Gasteiger partial charge in [-0.3, -0.25) is 19.9 Å². The van der Waals surface area contributed by atoms with Gasteiger partial charge in [0.2, 0.25) is 20.3 Å². The van der Waals surface area contributed by atoms with Crippen molar-refractivity contribution in [2.24, 2.45) is 0 Å². The zero-order chi connectivity index (χ0) is 16.5. The minimum atomic E-state index is -3.44. The van der Waals surface area contributed by atoms with Crippen molar-refractivity contribution < 1.29 is 13.2 Å². The number of carbonyl (C=O) groups is 1. The minimum Gasteiger partial charge on any atom is -0.295 e. The van der Waals surface area contributed by atoms with Crippen LogP contribution in [-0.2, 0) is 10.0 Å². The highest BCUT2D eigenvalue weighted by atomic mass is 79.9. The molecule has 0 aromatic carbocycles. The highest BCUT2D eigenvalue weighted by molar-refractivity contribution is 9.10. The first-order chi connectivity index (χ1) is 10.2. The van der Waals surface area contributed by atoms with Crippen LogP contribution in [0.2, 0.25) is 0 Å². The van der Waals surface area contributed by atoms with Crippen molar-refractivity contribution in [3.05, 3.63) is 15.9 Å². The van der Waals surface area contributed by atoms with Gasteiger partial charge in [-0.25, -0.2) is 8.42 Å². The lowest BCUT2D eigenvalue weighted by Gasteiger charge is -2.01. The van der Waals surface area contributed by atoms with Crippen LogP contribution in [0, 0.1) is 0 Å². The maximum atomic E-state index is 12.1. The number of aromatic nitrogens is 4. The van der Waals surface area contributed by atoms with Crippen molar-refractivity contribution in [3.63, 3.8) is 0 Å². The number of anilines is 2. The highest BCUT2D eigenvalue weighted by Gasteiger charge is 2.20. The first-order valence-electron chi connectivity index (χ1n) is 6.03. The second-order valence-electron chi connectivity index (χ2n) is 4.70. The van der Waals surface area contributed by atoms with Gasteiger partial charge in [0.25, 0.3) is 5.91 Å². The van der Waals surface area contributed by atoms with E-state index in [0.29, 0.717) is 4.47 Å². The number of sulfonamides is 1. The molecule has 120 valence electrons. The third-order valence-electron chi connectivity index (χ3n) is 2.44. The summed E-state index contributed by atoms with van der Waals surface area (Å²) >= 11 is 4.24. The number of carbonyl (C=O) groups excluding carboxylic acids is 1. The van der Waals surface area contributed by atoms with E-state index in [0.717, 1.165) is 23.3 Å². The van der Waals surface area contributed by atoms with Crippen molar-refractivity contribution in [1.29, 1.82) is 0 Å². The van der Waals surface area contributed by atoms with Crippen molar-refractivity contribution >= 4 is 53.5 Å². The molecule has 0 fully saturated rings. The van der Waals surface area contributed by atoms with Crippen molar-refractivity contribution in [3.8, 4) is 0 Å². The minimum absolute atomic E-state index is 0.0711. The fourth-order valence-electron chi connectivity index (χ4n) is 1.50. The van der Waals surface area contributed by atoms with Gasteiger partial charge in [-0.15, -0.1) is 10.2 Å². The Labute approximate surface area is 139 Å². The molecule has 3 N–H and O–H groups in total. The molecule has 1 amide bonds. The van der Waals surface area contributed by atoms with Crippen LogP contribution in [0.25, 0.3) is 0 Å². The van der Waals surface area contributed by atoms with Gasteiger partial charge in [-0.1, -0.05) is 25.2 Å². The number of nitrogens with zero attached hydrogens (tertiary/aromatic N) is 3.